The predicted molar refractivity (Wildman–Crippen MR) is 71.0 cm³/mol. The molecule has 0 aliphatic rings. The van der Waals surface area contributed by atoms with Crippen LogP contribution in [0.4, 0.5) is 0 Å². The Morgan fingerprint density at radius 1 is 1.31 bits per heavy atom. The second-order valence-corrected chi connectivity index (χ2v) is 5.33. The first-order chi connectivity index (χ1) is 7.70. The number of hydrogen-bond acceptors (Lipinski definition) is 3. The molecule has 0 fully saturated rings. The van der Waals surface area contributed by atoms with Gasteiger partial charge in [-0.3, -0.25) is 0 Å². The molecule has 0 aliphatic carbocycles. The molecular weight excluding hydrogens is 218 g/mol. The van der Waals surface area contributed by atoms with Gasteiger partial charge in [0.15, 0.2) is 0 Å². The van der Waals surface area contributed by atoms with Gasteiger partial charge >= 0.3 is 0 Å². The third-order valence-corrected chi connectivity index (χ3v) is 3.63. The molecule has 0 bridgehead atoms. The molecule has 1 atom stereocenters. The van der Waals surface area contributed by atoms with E-state index in [2.05, 4.69) is 43.4 Å². The van der Waals surface area contributed by atoms with Gasteiger partial charge < -0.3 is 10.4 Å². The van der Waals surface area contributed by atoms with Crippen LogP contribution in [-0.2, 0) is 0 Å². The summed E-state index contributed by atoms with van der Waals surface area (Å²) in [6.45, 7) is 5.23. The summed E-state index contributed by atoms with van der Waals surface area (Å²) >= 11 is 1.84. The van der Waals surface area contributed by atoms with E-state index in [1.54, 1.807) is 0 Å². The molecule has 0 amide bonds. The lowest BCUT2D eigenvalue weighted by Crippen LogP contribution is -2.46. The fourth-order valence-electron chi connectivity index (χ4n) is 1.56. The highest BCUT2D eigenvalue weighted by molar-refractivity contribution is 7.99. The monoisotopic (exact) mass is 239 g/mol. The average Bonchev–Trinajstić information content (AvgIpc) is 2.31. The normalized spacial score (nSPS) is 14.7. The van der Waals surface area contributed by atoms with Crippen molar-refractivity contribution in [3.8, 4) is 0 Å². The summed E-state index contributed by atoms with van der Waals surface area (Å²) in [5.74, 6) is 1.02. The molecule has 2 nitrogen and oxygen atoms in total. The number of aliphatic hydroxyl groups is 1. The van der Waals surface area contributed by atoms with E-state index < -0.39 is 0 Å². The van der Waals surface area contributed by atoms with Gasteiger partial charge in [0.2, 0.25) is 0 Å². The minimum atomic E-state index is -0.142. The number of rotatable bonds is 7. The maximum absolute atomic E-state index is 9.34. The Labute approximate surface area is 102 Å². The lowest BCUT2D eigenvalue weighted by Gasteiger charge is -2.28. The Kier molecular flexibility index (Phi) is 5.88. The maximum Gasteiger partial charge on any atom is 0.0610 e. The van der Waals surface area contributed by atoms with E-state index in [9.17, 15) is 5.11 Å². The van der Waals surface area contributed by atoms with Gasteiger partial charge in [0, 0.05) is 10.4 Å². The minimum absolute atomic E-state index is 0.142. The predicted octanol–water partition coefficient (Wildman–Crippen LogP) is 2.53. The Morgan fingerprint density at radius 2 is 2.00 bits per heavy atom. The lowest BCUT2D eigenvalue weighted by molar-refractivity contribution is 0.173. The van der Waals surface area contributed by atoms with Crippen LogP contribution in [0.5, 0.6) is 0 Å². The summed E-state index contributed by atoms with van der Waals surface area (Å²) in [5, 5.41) is 12.7. The van der Waals surface area contributed by atoms with Crippen molar-refractivity contribution in [1.29, 1.82) is 0 Å². The Hall–Kier alpha value is -0.510. The average molecular weight is 239 g/mol. The van der Waals surface area contributed by atoms with Crippen LogP contribution in [0.3, 0.4) is 0 Å². The van der Waals surface area contributed by atoms with Crippen LogP contribution in [0.2, 0.25) is 0 Å². The first-order valence-corrected chi connectivity index (χ1v) is 6.72. The second-order valence-electron chi connectivity index (χ2n) is 4.16. The zero-order valence-electron chi connectivity index (χ0n) is 10.1. The first kappa shape index (κ1) is 13.6. The highest BCUT2D eigenvalue weighted by Gasteiger charge is 2.20. The van der Waals surface area contributed by atoms with Crippen molar-refractivity contribution in [2.24, 2.45) is 0 Å². The Balaban J connectivity index is 2.34. The van der Waals surface area contributed by atoms with Crippen molar-refractivity contribution < 1.29 is 5.11 Å². The van der Waals surface area contributed by atoms with Gasteiger partial charge in [0.25, 0.3) is 0 Å². The quantitative estimate of drug-likeness (QED) is 0.717. The van der Waals surface area contributed by atoms with Crippen LogP contribution in [0.15, 0.2) is 35.2 Å². The molecule has 0 heterocycles. The molecule has 0 aliphatic heterocycles. The molecule has 1 aromatic carbocycles. The summed E-state index contributed by atoms with van der Waals surface area (Å²) in [7, 11) is 0. The molecular formula is C13H21NOS. The Morgan fingerprint density at radius 3 is 2.56 bits per heavy atom. The third kappa shape index (κ3) is 4.56. The molecule has 1 aromatic rings. The van der Waals surface area contributed by atoms with Crippen molar-refractivity contribution in [3.63, 3.8) is 0 Å². The van der Waals surface area contributed by atoms with Gasteiger partial charge in [-0.05, 0) is 37.8 Å². The van der Waals surface area contributed by atoms with Crippen LogP contribution < -0.4 is 5.32 Å². The standard InChI is InChI=1S/C13H21NOS/c1-3-14-13(2,11-15)9-10-16-12-7-5-4-6-8-12/h4-8,14-15H,3,9-11H2,1-2H3. The summed E-state index contributed by atoms with van der Waals surface area (Å²) in [5.41, 5.74) is -0.142. The van der Waals surface area contributed by atoms with Gasteiger partial charge in [-0.15, -0.1) is 11.8 Å². The number of hydrogen-bond donors (Lipinski definition) is 2. The van der Waals surface area contributed by atoms with E-state index >= 15 is 0 Å². The van der Waals surface area contributed by atoms with E-state index in [-0.39, 0.29) is 12.1 Å². The molecule has 1 unspecified atom stereocenters. The molecule has 2 N–H and O–H groups in total. The zero-order valence-corrected chi connectivity index (χ0v) is 10.9. The van der Waals surface area contributed by atoms with Crippen molar-refractivity contribution in [2.75, 3.05) is 18.9 Å². The first-order valence-electron chi connectivity index (χ1n) is 5.74. The molecule has 0 saturated carbocycles. The summed E-state index contributed by atoms with van der Waals surface area (Å²) in [6, 6.07) is 10.4. The minimum Gasteiger partial charge on any atom is -0.394 e. The van der Waals surface area contributed by atoms with Crippen LogP contribution in [0.25, 0.3) is 0 Å². The van der Waals surface area contributed by atoms with Crippen LogP contribution in [0.1, 0.15) is 20.3 Å². The largest absolute Gasteiger partial charge is 0.394 e. The van der Waals surface area contributed by atoms with Crippen LogP contribution in [-0.4, -0.2) is 29.5 Å². The molecule has 0 radical (unpaired) electrons. The second kappa shape index (κ2) is 6.94. The molecule has 0 aromatic heterocycles. The summed E-state index contributed by atoms with van der Waals surface area (Å²) in [6.07, 6.45) is 0.969. The highest BCUT2D eigenvalue weighted by atomic mass is 32.2. The van der Waals surface area contributed by atoms with Gasteiger partial charge in [0.05, 0.1) is 6.61 Å². The summed E-state index contributed by atoms with van der Waals surface area (Å²) < 4.78 is 0. The van der Waals surface area contributed by atoms with Crippen molar-refractivity contribution >= 4 is 11.8 Å². The van der Waals surface area contributed by atoms with Crippen LogP contribution in [0, 0.1) is 0 Å². The molecule has 16 heavy (non-hydrogen) atoms. The molecule has 0 spiro atoms. The topological polar surface area (TPSA) is 32.3 Å². The van der Waals surface area contributed by atoms with Crippen molar-refractivity contribution in [2.45, 2.75) is 30.7 Å². The number of likely N-dealkylation sites (N-methyl/N-ethyl adjacent to an activating group) is 1. The smallest absolute Gasteiger partial charge is 0.0610 e. The van der Waals surface area contributed by atoms with Gasteiger partial charge in [0.1, 0.15) is 0 Å². The fourth-order valence-corrected chi connectivity index (χ4v) is 2.70. The van der Waals surface area contributed by atoms with Crippen LogP contribution >= 0.6 is 11.8 Å². The van der Waals surface area contributed by atoms with E-state index in [0.717, 1.165) is 18.7 Å². The fraction of sp³-hybridized carbons (Fsp3) is 0.538. The maximum atomic E-state index is 9.34. The number of thioether (sulfide) groups is 1. The lowest BCUT2D eigenvalue weighted by atomic mass is 10.0. The van der Waals surface area contributed by atoms with E-state index in [1.807, 2.05) is 17.8 Å². The highest BCUT2D eigenvalue weighted by Crippen LogP contribution is 2.21. The van der Waals surface area contributed by atoms with Crippen molar-refractivity contribution in [1.82, 2.24) is 5.32 Å². The Bertz CT molecular complexity index is 291. The number of benzene rings is 1. The van der Waals surface area contributed by atoms with Crippen molar-refractivity contribution in [3.05, 3.63) is 30.3 Å². The molecule has 90 valence electrons. The molecule has 1 rings (SSSR count). The third-order valence-electron chi connectivity index (χ3n) is 2.62. The van der Waals surface area contributed by atoms with Gasteiger partial charge in [-0.1, -0.05) is 25.1 Å². The van der Waals surface area contributed by atoms with E-state index in [0.29, 0.717) is 0 Å². The van der Waals surface area contributed by atoms with Gasteiger partial charge in [-0.25, -0.2) is 0 Å². The number of aliphatic hydroxyl groups excluding tert-OH is 1. The zero-order chi connectivity index (χ0) is 11.9. The van der Waals surface area contributed by atoms with E-state index in [1.165, 1.54) is 4.90 Å². The van der Waals surface area contributed by atoms with E-state index in [4.69, 9.17) is 0 Å². The van der Waals surface area contributed by atoms with Gasteiger partial charge in [-0.2, -0.15) is 0 Å². The molecule has 3 heteroatoms. The summed E-state index contributed by atoms with van der Waals surface area (Å²) in [4.78, 5) is 1.29. The number of nitrogens with one attached hydrogen (secondary N) is 1. The molecule has 0 saturated heterocycles. The SMILES string of the molecule is CCNC(C)(CO)CCSc1ccccc1.